The van der Waals surface area contributed by atoms with Crippen LogP contribution in [0.1, 0.15) is 12.5 Å². The number of anilines is 5. The predicted octanol–water partition coefficient (Wildman–Crippen LogP) is 6.02. The molecule has 4 aromatic rings. The Labute approximate surface area is 192 Å². The van der Waals surface area contributed by atoms with Crippen molar-refractivity contribution in [1.82, 2.24) is 9.97 Å². The van der Waals surface area contributed by atoms with Crippen LogP contribution >= 0.6 is 0 Å². The molecule has 33 heavy (non-hydrogen) atoms. The molecule has 4 rings (SSSR count). The first-order valence-electron chi connectivity index (χ1n) is 10.6. The molecule has 0 atom stereocenters. The van der Waals surface area contributed by atoms with Crippen LogP contribution in [0.4, 0.5) is 34.4 Å². The lowest BCUT2D eigenvalue weighted by Gasteiger charge is -2.27. The Bertz CT molecular complexity index is 1190. The molecular formula is C25H24N6O2. The summed E-state index contributed by atoms with van der Waals surface area (Å²) in [5, 5.41) is 14.0. The van der Waals surface area contributed by atoms with Gasteiger partial charge in [-0.15, -0.1) is 0 Å². The van der Waals surface area contributed by atoms with Gasteiger partial charge < -0.3 is 4.90 Å². The van der Waals surface area contributed by atoms with Crippen molar-refractivity contribution in [3.8, 4) is 0 Å². The highest BCUT2D eigenvalue weighted by molar-refractivity contribution is 5.78. The third kappa shape index (κ3) is 4.74. The van der Waals surface area contributed by atoms with Crippen LogP contribution in [-0.4, -0.2) is 21.4 Å². The van der Waals surface area contributed by atoms with Gasteiger partial charge in [0.1, 0.15) is 6.33 Å². The van der Waals surface area contributed by atoms with Crippen molar-refractivity contribution in [2.24, 2.45) is 0 Å². The van der Waals surface area contributed by atoms with Crippen molar-refractivity contribution in [2.45, 2.75) is 13.8 Å². The second-order valence-electron chi connectivity index (χ2n) is 7.35. The number of aromatic nitrogens is 2. The Hall–Kier alpha value is -4.46. The molecule has 8 nitrogen and oxygen atoms in total. The molecule has 0 unspecified atom stereocenters. The highest BCUT2D eigenvalue weighted by Gasteiger charge is 2.29. The maximum Gasteiger partial charge on any atom is 0.355 e. The molecule has 0 saturated carbocycles. The molecule has 0 aliphatic carbocycles. The molecule has 0 radical (unpaired) electrons. The summed E-state index contributed by atoms with van der Waals surface area (Å²) in [4.78, 5) is 22.2. The van der Waals surface area contributed by atoms with Crippen LogP contribution in [0.15, 0.2) is 91.3 Å². The zero-order valence-electron chi connectivity index (χ0n) is 18.4. The standard InChI is InChI=1S/C25H24N6O2/c1-3-29(22-16-10-11-19(2)17-22)25-23(31(32)33)24(26-18-27-25)28-30(20-12-6-4-7-13-20)21-14-8-5-9-15-21/h4-18H,3H2,1-2H3,(H,26,27,28). The molecule has 1 heterocycles. The van der Waals surface area contributed by atoms with Crippen molar-refractivity contribution in [3.63, 3.8) is 0 Å². The normalized spacial score (nSPS) is 10.5. The molecule has 0 bridgehead atoms. The van der Waals surface area contributed by atoms with Crippen molar-refractivity contribution >= 4 is 34.4 Å². The lowest BCUT2D eigenvalue weighted by Crippen LogP contribution is -2.27. The quantitative estimate of drug-likeness (QED) is 0.265. The first-order chi connectivity index (χ1) is 16.1. The molecule has 0 aliphatic heterocycles. The molecule has 0 fully saturated rings. The van der Waals surface area contributed by atoms with Gasteiger partial charge in [0.25, 0.3) is 0 Å². The largest absolute Gasteiger partial charge is 0.355 e. The van der Waals surface area contributed by atoms with E-state index in [-0.39, 0.29) is 17.3 Å². The van der Waals surface area contributed by atoms with Crippen LogP contribution < -0.4 is 15.3 Å². The molecule has 1 aromatic heterocycles. The van der Waals surface area contributed by atoms with E-state index in [0.29, 0.717) is 6.54 Å². The lowest BCUT2D eigenvalue weighted by atomic mass is 10.2. The minimum absolute atomic E-state index is 0.101. The molecule has 1 N–H and O–H groups in total. The highest BCUT2D eigenvalue weighted by Crippen LogP contribution is 2.37. The molecule has 166 valence electrons. The number of rotatable bonds is 8. The van der Waals surface area contributed by atoms with Gasteiger partial charge >= 0.3 is 5.69 Å². The summed E-state index contributed by atoms with van der Waals surface area (Å²) in [6, 6.07) is 26.9. The fourth-order valence-electron chi connectivity index (χ4n) is 3.61. The van der Waals surface area contributed by atoms with E-state index in [0.717, 1.165) is 22.6 Å². The van der Waals surface area contributed by atoms with E-state index in [1.165, 1.54) is 6.33 Å². The second kappa shape index (κ2) is 9.78. The van der Waals surface area contributed by atoms with Crippen LogP contribution in [0.2, 0.25) is 0 Å². The van der Waals surface area contributed by atoms with E-state index >= 15 is 0 Å². The average Bonchev–Trinajstić information content (AvgIpc) is 2.84. The van der Waals surface area contributed by atoms with E-state index in [4.69, 9.17) is 0 Å². The number of benzene rings is 3. The lowest BCUT2D eigenvalue weighted by molar-refractivity contribution is -0.383. The number of hydrazine groups is 1. The first-order valence-corrected chi connectivity index (χ1v) is 10.6. The van der Waals surface area contributed by atoms with E-state index in [1.54, 1.807) is 5.01 Å². The first kappa shape index (κ1) is 21.8. The van der Waals surface area contributed by atoms with Crippen LogP contribution in [0.25, 0.3) is 0 Å². The number of para-hydroxylation sites is 2. The maximum absolute atomic E-state index is 12.3. The van der Waals surface area contributed by atoms with Gasteiger partial charge in [0.2, 0.25) is 11.6 Å². The average molecular weight is 441 g/mol. The Kier molecular flexibility index (Phi) is 6.45. The summed E-state index contributed by atoms with van der Waals surface area (Å²) in [5.41, 5.74) is 6.46. The van der Waals surface area contributed by atoms with Crippen molar-refractivity contribution < 1.29 is 4.92 Å². The zero-order valence-corrected chi connectivity index (χ0v) is 18.4. The zero-order chi connectivity index (χ0) is 23.2. The van der Waals surface area contributed by atoms with Gasteiger partial charge in [-0.25, -0.2) is 9.97 Å². The Morgan fingerprint density at radius 2 is 1.48 bits per heavy atom. The third-order valence-electron chi connectivity index (χ3n) is 5.12. The van der Waals surface area contributed by atoms with Crippen molar-refractivity contribution in [3.05, 3.63) is 107 Å². The highest BCUT2D eigenvalue weighted by atomic mass is 16.6. The SMILES string of the molecule is CCN(c1cccc(C)c1)c1ncnc(NN(c2ccccc2)c2ccccc2)c1[N+](=O)[O-]. The van der Waals surface area contributed by atoms with Crippen molar-refractivity contribution in [2.75, 3.05) is 21.9 Å². The number of nitrogens with zero attached hydrogens (tertiary/aromatic N) is 5. The summed E-state index contributed by atoms with van der Waals surface area (Å²) in [6.45, 7) is 4.42. The summed E-state index contributed by atoms with van der Waals surface area (Å²) >= 11 is 0. The monoisotopic (exact) mass is 440 g/mol. The number of nitro groups is 1. The molecule has 0 spiro atoms. The van der Waals surface area contributed by atoms with Gasteiger partial charge in [-0.05, 0) is 55.8 Å². The van der Waals surface area contributed by atoms with Gasteiger partial charge in [-0.1, -0.05) is 48.5 Å². The van der Waals surface area contributed by atoms with Crippen LogP contribution in [0.3, 0.4) is 0 Å². The fraction of sp³-hybridized carbons (Fsp3) is 0.120. The van der Waals surface area contributed by atoms with E-state index < -0.39 is 4.92 Å². The Morgan fingerprint density at radius 3 is 2.03 bits per heavy atom. The van der Waals surface area contributed by atoms with Crippen LogP contribution in [-0.2, 0) is 0 Å². The number of hydrogen-bond acceptors (Lipinski definition) is 7. The van der Waals surface area contributed by atoms with Crippen LogP contribution in [0, 0.1) is 17.0 Å². The molecule has 0 saturated heterocycles. The van der Waals surface area contributed by atoms with Crippen LogP contribution in [0.5, 0.6) is 0 Å². The van der Waals surface area contributed by atoms with E-state index in [2.05, 4.69) is 15.4 Å². The Morgan fingerprint density at radius 1 is 0.879 bits per heavy atom. The third-order valence-corrected chi connectivity index (χ3v) is 5.12. The smallest absolute Gasteiger partial charge is 0.321 e. The van der Waals surface area contributed by atoms with Gasteiger partial charge in [-0.2, -0.15) is 0 Å². The van der Waals surface area contributed by atoms with Gasteiger partial charge in [-0.3, -0.25) is 20.5 Å². The summed E-state index contributed by atoms with van der Waals surface area (Å²) < 4.78 is 0. The van der Waals surface area contributed by atoms with Crippen molar-refractivity contribution in [1.29, 1.82) is 0 Å². The van der Waals surface area contributed by atoms with Gasteiger partial charge in [0, 0.05) is 12.2 Å². The predicted molar refractivity (Wildman–Crippen MR) is 131 cm³/mol. The summed E-state index contributed by atoms with van der Waals surface area (Å²) in [7, 11) is 0. The number of aryl methyl sites for hydroxylation is 1. The van der Waals surface area contributed by atoms with Gasteiger partial charge in [0.05, 0.1) is 16.3 Å². The number of nitrogens with one attached hydrogen (secondary N) is 1. The topological polar surface area (TPSA) is 87.4 Å². The maximum atomic E-state index is 12.3. The molecule has 3 aromatic carbocycles. The second-order valence-corrected chi connectivity index (χ2v) is 7.35. The minimum atomic E-state index is -0.440. The fourth-order valence-corrected chi connectivity index (χ4v) is 3.61. The molecule has 0 aliphatic rings. The van der Waals surface area contributed by atoms with E-state index in [9.17, 15) is 10.1 Å². The Balaban J connectivity index is 1.81. The molecule has 8 heteroatoms. The summed E-state index contributed by atoms with van der Waals surface area (Å²) in [6.07, 6.45) is 1.34. The molecule has 0 amide bonds. The van der Waals surface area contributed by atoms with E-state index in [1.807, 2.05) is 104 Å². The molecular weight excluding hydrogens is 416 g/mol. The van der Waals surface area contributed by atoms with Gasteiger partial charge in [0.15, 0.2) is 0 Å². The summed E-state index contributed by atoms with van der Waals surface area (Å²) in [5.74, 6) is 0.329. The number of hydrogen-bond donors (Lipinski definition) is 1. The minimum Gasteiger partial charge on any atom is -0.321 e.